The van der Waals surface area contributed by atoms with Crippen molar-refractivity contribution in [1.82, 2.24) is 10.3 Å². The Morgan fingerprint density at radius 3 is 3.00 bits per heavy atom. The third-order valence-corrected chi connectivity index (χ3v) is 6.46. The molecule has 3 unspecified atom stereocenters. The number of aromatic nitrogens is 1. The topological polar surface area (TPSA) is 24.9 Å². The van der Waals surface area contributed by atoms with Crippen molar-refractivity contribution in [2.24, 2.45) is 5.92 Å². The van der Waals surface area contributed by atoms with Gasteiger partial charge in [0.2, 0.25) is 0 Å². The highest BCUT2D eigenvalue weighted by Gasteiger charge is 2.33. The molecule has 1 aliphatic heterocycles. The first-order valence-corrected chi connectivity index (χ1v) is 9.22. The maximum Gasteiger partial charge on any atom is 0.111 e. The lowest BCUT2D eigenvalue weighted by Gasteiger charge is -2.39. The fraction of sp³-hybridized carbons (Fsp3) is 0.562. The smallest absolute Gasteiger partial charge is 0.111 e. The van der Waals surface area contributed by atoms with E-state index in [0.29, 0.717) is 6.04 Å². The molecule has 1 aromatic carbocycles. The van der Waals surface area contributed by atoms with Crippen molar-refractivity contribution >= 4 is 37.5 Å². The fourth-order valence-corrected chi connectivity index (χ4v) is 5.15. The van der Waals surface area contributed by atoms with Crippen LogP contribution in [0.2, 0.25) is 0 Å². The zero-order valence-corrected chi connectivity index (χ0v) is 13.8. The Morgan fingerprint density at radius 1 is 1.15 bits per heavy atom. The summed E-state index contributed by atoms with van der Waals surface area (Å²) in [5, 5.41) is 5.16. The molecule has 1 saturated carbocycles. The molecule has 4 rings (SSSR count). The van der Waals surface area contributed by atoms with Gasteiger partial charge in [-0.25, -0.2) is 4.98 Å². The van der Waals surface area contributed by atoms with Crippen LogP contribution >= 0.6 is 27.3 Å². The van der Waals surface area contributed by atoms with Crippen molar-refractivity contribution in [3.8, 4) is 0 Å². The predicted molar refractivity (Wildman–Crippen MR) is 88.2 cm³/mol. The van der Waals surface area contributed by atoms with E-state index in [-0.39, 0.29) is 0 Å². The van der Waals surface area contributed by atoms with Gasteiger partial charge in [0.25, 0.3) is 0 Å². The number of halogens is 1. The summed E-state index contributed by atoms with van der Waals surface area (Å²) in [6.45, 7) is 0. The van der Waals surface area contributed by atoms with Gasteiger partial charge in [-0.15, -0.1) is 11.3 Å². The van der Waals surface area contributed by atoms with Crippen LogP contribution < -0.4 is 5.32 Å². The number of fused-ring (bicyclic) bond motifs is 2. The first-order valence-electron chi connectivity index (χ1n) is 7.61. The zero-order valence-electron chi connectivity index (χ0n) is 11.4. The van der Waals surface area contributed by atoms with E-state index < -0.39 is 0 Å². The lowest BCUT2D eigenvalue weighted by Crippen LogP contribution is -2.44. The molecule has 20 heavy (non-hydrogen) atoms. The van der Waals surface area contributed by atoms with Gasteiger partial charge in [0.05, 0.1) is 16.3 Å². The Morgan fingerprint density at radius 2 is 2.05 bits per heavy atom. The molecule has 2 aliphatic rings. The normalized spacial score (nSPS) is 30.4. The maximum atomic E-state index is 4.86. The van der Waals surface area contributed by atoms with Crippen molar-refractivity contribution < 1.29 is 0 Å². The van der Waals surface area contributed by atoms with Gasteiger partial charge in [0.1, 0.15) is 5.01 Å². The van der Waals surface area contributed by atoms with Crippen molar-refractivity contribution in [2.45, 2.75) is 50.6 Å². The summed E-state index contributed by atoms with van der Waals surface area (Å²) >= 11 is 5.39. The minimum absolute atomic E-state index is 0.477. The lowest BCUT2D eigenvalue weighted by molar-refractivity contribution is 0.177. The molecule has 1 saturated heterocycles. The molecule has 1 aromatic heterocycles. The number of rotatable bonds is 1. The highest BCUT2D eigenvalue weighted by molar-refractivity contribution is 9.10. The number of piperidine rings is 1. The summed E-state index contributed by atoms with van der Waals surface area (Å²) in [5.41, 5.74) is 1.13. The molecule has 3 atom stereocenters. The maximum absolute atomic E-state index is 4.86. The third kappa shape index (κ3) is 2.42. The molecular formula is C16H19BrN2S. The van der Waals surface area contributed by atoms with Gasteiger partial charge in [-0.1, -0.05) is 28.8 Å². The largest absolute Gasteiger partial charge is 0.305 e. The van der Waals surface area contributed by atoms with Crippen molar-refractivity contribution in [2.75, 3.05) is 0 Å². The Hall–Kier alpha value is -0.450. The minimum Gasteiger partial charge on any atom is -0.305 e. The molecule has 0 bridgehead atoms. The SMILES string of the molecule is Brc1ccc2sc(C3CCC4CCCCC4N3)nc2c1. The molecule has 1 aliphatic carbocycles. The Labute approximate surface area is 132 Å². The van der Waals surface area contributed by atoms with Crippen LogP contribution in [0.3, 0.4) is 0 Å². The second-order valence-corrected chi connectivity index (χ2v) is 8.09. The van der Waals surface area contributed by atoms with Crippen molar-refractivity contribution in [3.05, 3.63) is 27.7 Å². The Balaban J connectivity index is 1.59. The van der Waals surface area contributed by atoms with Gasteiger partial charge >= 0.3 is 0 Å². The van der Waals surface area contributed by atoms with Gasteiger partial charge in [0.15, 0.2) is 0 Å². The summed E-state index contributed by atoms with van der Waals surface area (Å²) in [6.07, 6.45) is 8.25. The van der Waals surface area contributed by atoms with Gasteiger partial charge in [-0.05, 0) is 49.8 Å². The van der Waals surface area contributed by atoms with Crippen LogP contribution in [0, 0.1) is 5.92 Å². The highest BCUT2D eigenvalue weighted by atomic mass is 79.9. The molecule has 1 N–H and O–H groups in total. The summed E-state index contributed by atoms with van der Waals surface area (Å²) in [6, 6.07) is 7.62. The standard InChI is InChI=1S/C16H19BrN2S/c17-11-6-8-15-14(9-11)19-16(20-15)13-7-5-10-3-1-2-4-12(10)18-13/h6,8-10,12-13,18H,1-5,7H2. The van der Waals surface area contributed by atoms with Gasteiger partial charge in [-0.2, -0.15) is 0 Å². The van der Waals surface area contributed by atoms with Crippen LogP contribution in [0.1, 0.15) is 49.6 Å². The first kappa shape index (κ1) is 13.2. The molecule has 106 valence electrons. The molecule has 0 spiro atoms. The van der Waals surface area contributed by atoms with Crippen LogP contribution in [0.5, 0.6) is 0 Å². The van der Waals surface area contributed by atoms with E-state index in [1.54, 1.807) is 0 Å². The van der Waals surface area contributed by atoms with E-state index in [9.17, 15) is 0 Å². The Bertz CT molecular complexity index is 624. The van der Waals surface area contributed by atoms with Crippen LogP contribution in [0.4, 0.5) is 0 Å². The predicted octanol–water partition coefficient (Wildman–Crippen LogP) is 5.04. The number of nitrogens with zero attached hydrogens (tertiary/aromatic N) is 1. The summed E-state index contributed by atoms with van der Waals surface area (Å²) in [5.74, 6) is 0.920. The Kier molecular flexibility index (Phi) is 3.57. The fourth-order valence-electron chi connectivity index (χ4n) is 3.76. The summed E-state index contributed by atoms with van der Waals surface area (Å²) in [4.78, 5) is 4.86. The second kappa shape index (κ2) is 5.39. The molecule has 2 fully saturated rings. The molecular weight excluding hydrogens is 332 g/mol. The highest BCUT2D eigenvalue weighted by Crippen LogP contribution is 2.38. The van der Waals surface area contributed by atoms with Crippen LogP contribution in [-0.4, -0.2) is 11.0 Å². The molecule has 4 heteroatoms. The van der Waals surface area contributed by atoms with E-state index in [0.717, 1.165) is 21.9 Å². The number of hydrogen-bond acceptors (Lipinski definition) is 3. The summed E-state index contributed by atoms with van der Waals surface area (Å²) in [7, 11) is 0. The van der Waals surface area contributed by atoms with E-state index in [2.05, 4.69) is 39.4 Å². The van der Waals surface area contributed by atoms with Crippen molar-refractivity contribution in [3.63, 3.8) is 0 Å². The second-order valence-electron chi connectivity index (χ2n) is 6.11. The zero-order chi connectivity index (χ0) is 13.5. The van der Waals surface area contributed by atoms with E-state index >= 15 is 0 Å². The molecule has 0 amide bonds. The first-order chi connectivity index (χ1) is 9.79. The molecule has 2 heterocycles. The average Bonchev–Trinajstić information content (AvgIpc) is 2.89. The molecule has 2 nitrogen and oxygen atoms in total. The molecule has 0 radical (unpaired) electrons. The number of nitrogens with one attached hydrogen (secondary N) is 1. The van der Waals surface area contributed by atoms with E-state index in [1.165, 1.54) is 48.2 Å². The number of thiazole rings is 1. The minimum atomic E-state index is 0.477. The quantitative estimate of drug-likeness (QED) is 0.778. The van der Waals surface area contributed by atoms with Gasteiger partial charge < -0.3 is 5.32 Å². The van der Waals surface area contributed by atoms with Crippen LogP contribution in [0.15, 0.2) is 22.7 Å². The van der Waals surface area contributed by atoms with E-state index in [1.807, 2.05) is 11.3 Å². The lowest BCUT2D eigenvalue weighted by atomic mass is 9.78. The summed E-state index contributed by atoms with van der Waals surface area (Å²) < 4.78 is 2.42. The van der Waals surface area contributed by atoms with Crippen molar-refractivity contribution in [1.29, 1.82) is 0 Å². The van der Waals surface area contributed by atoms with E-state index in [4.69, 9.17) is 4.98 Å². The monoisotopic (exact) mass is 350 g/mol. The van der Waals surface area contributed by atoms with Gasteiger partial charge in [0, 0.05) is 10.5 Å². The third-order valence-electron chi connectivity index (χ3n) is 4.81. The molecule has 2 aromatic rings. The average molecular weight is 351 g/mol. The van der Waals surface area contributed by atoms with Gasteiger partial charge in [-0.3, -0.25) is 0 Å². The van der Waals surface area contributed by atoms with Crippen LogP contribution in [0.25, 0.3) is 10.2 Å². The number of benzene rings is 1. The number of hydrogen-bond donors (Lipinski definition) is 1. The van der Waals surface area contributed by atoms with Crippen LogP contribution in [-0.2, 0) is 0 Å².